The Bertz CT molecular complexity index is 463. The molecule has 1 aliphatic carbocycles. The van der Waals surface area contributed by atoms with Crippen molar-refractivity contribution >= 4 is 23.2 Å². The first-order chi connectivity index (χ1) is 8.43. The second-order valence-corrected chi connectivity index (χ2v) is 6.09. The maximum absolute atomic E-state index is 13.6. The van der Waals surface area contributed by atoms with Gasteiger partial charge >= 0.3 is 0 Å². The molecule has 0 spiro atoms. The molecule has 1 nitrogen and oxygen atoms in total. The van der Waals surface area contributed by atoms with Crippen LogP contribution in [-0.4, -0.2) is 13.1 Å². The molecule has 0 aromatic heterocycles. The van der Waals surface area contributed by atoms with E-state index in [-0.39, 0.29) is 16.3 Å². The highest BCUT2D eigenvalue weighted by atomic mass is 35.5. The summed E-state index contributed by atoms with van der Waals surface area (Å²) in [4.78, 5) is 0. The Morgan fingerprint density at radius 1 is 1.39 bits per heavy atom. The lowest BCUT2D eigenvalue weighted by atomic mass is 9.54. The highest BCUT2D eigenvalue weighted by Gasteiger charge is 2.50. The van der Waals surface area contributed by atoms with Gasteiger partial charge in [-0.05, 0) is 48.9 Å². The number of nitrogens with one attached hydrogen (secondary N) is 1. The van der Waals surface area contributed by atoms with E-state index in [0.717, 1.165) is 18.4 Å². The van der Waals surface area contributed by atoms with Gasteiger partial charge in [-0.15, -0.1) is 0 Å². The van der Waals surface area contributed by atoms with Gasteiger partial charge in [0, 0.05) is 11.1 Å². The first kappa shape index (κ1) is 14.1. The van der Waals surface area contributed by atoms with Crippen LogP contribution in [0.1, 0.15) is 38.2 Å². The molecule has 2 rings (SSSR count). The molecular weight excluding hydrogens is 272 g/mol. The van der Waals surface area contributed by atoms with E-state index in [0.29, 0.717) is 17.0 Å². The molecule has 0 aliphatic heterocycles. The molecule has 0 heterocycles. The van der Waals surface area contributed by atoms with Gasteiger partial charge in [-0.2, -0.15) is 0 Å². The number of benzene rings is 1. The molecule has 1 aromatic rings. The maximum atomic E-state index is 13.6. The standard InChI is InChI=1S/C14H18Cl2FN/c1-4-14(2)9(6-13(14)18-3)8-5-12(17)11(16)7-10(8)15/h5,7,9,13,18H,4,6H2,1-3H3. The molecule has 1 aliphatic rings. The first-order valence-corrected chi connectivity index (χ1v) is 7.01. The fraction of sp³-hybridized carbons (Fsp3) is 0.571. The summed E-state index contributed by atoms with van der Waals surface area (Å²) in [5, 5.41) is 3.98. The van der Waals surface area contributed by atoms with Gasteiger partial charge in [0.05, 0.1) is 5.02 Å². The molecule has 3 unspecified atom stereocenters. The lowest BCUT2D eigenvalue weighted by molar-refractivity contribution is 0.0494. The third-order valence-corrected chi connectivity index (χ3v) is 5.21. The van der Waals surface area contributed by atoms with Crippen molar-refractivity contribution in [3.05, 3.63) is 33.6 Å². The monoisotopic (exact) mass is 289 g/mol. The predicted molar refractivity (Wildman–Crippen MR) is 75.0 cm³/mol. The van der Waals surface area contributed by atoms with Gasteiger partial charge in [-0.25, -0.2) is 4.39 Å². The van der Waals surface area contributed by atoms with Crippen molar-refractivity contribution in [2.45, 2.75) is 38.6 Å². The third-order valence-electron chi connectivity index (χ3n) is 4.59. The van der Waals surface area contributed by atoms with Gasteiger partial charge in [0.15, 0.2) is 0 Å². The summed E-state index contributed by atoms with van der Waals surface area (Å²) in [7, 11) is 1.97. The highest BCUT2D eigenvalue weighted by molar-refractivity contribution is 6.35. The Morgan fingerprint density at radius 3 is 2.61 bits per heavy atom. The van der Waals surface area contributed by atoms with Crippen LogP contribution in [0.25, 0.3) is 0 Å². The molecule has 100 valence electrons. The van der Waals surface area contributed by atoms with Gasteiger partial charge in [-0.3, -0.25) is 0 Å². The SMILES string of the molecule is CCC1(C)C(NC)CC1c1cc(F)c(Cl)cc1Cl. The van der Waals surface area contributed by atoms with Crippen LogP contribution in [0.2, 0.25) is 10.0 Å². The fourth-order valence-electron chi connectivity index (χ4n) is 3.08. The Hall–Kier alpha value is -0.310. The Labute approximate surface area is 118 Å². The molecule has 1 aromatic carbocycles. The average Bonchev–Trinajstić information content (AvgIpc) is 2.33. The smallest absolute Gasteiger partial charge is 0.142 e. The summed E-state index contributed by atoms with van der Waals surface area (Å²) in [6.45, 7) is 4.39. The van der Waals surface area contributed by atoms with E-state index in [4.69, 9.17) is 23.2 Å². The zero-order chi connectivity index (χ0) is 13.5. The lowest BCUT2D eigenvalue weighted by Gasteiger charge is -2.54. The topological polar surface area (TPSA) is 12.0 Å². The largest absolute Gasteiger partial charge is 0.316 e. The van der Waals surface area contributed by atoms with Crippen LogP contribution in [0.15, 0.2) is 12.1 Å². The van der Waals surface area contributed by atoms with Gasteiger partial charge in [-0.1, -0.05) is 37.0 Å². The molecule has 18 heavy (non-hydrogen) atoms. The third kappa shape index (κ3) is 2.04. The lowest BCUT2D eigenvalue weighted by Crippen LogP contribution is -2.55. The Morgan fingerprint density at radius 2 is 2.06 bits per heavy atom. The van der Waals surface area contributed by atoms with Crippen molar-refractivity contribution in [2.24, 2.45) is 5.41 Å². The van der Waals surface area contributed by atoms with E-state index in [1.165, 1.54) is 12.1 Å². The summed E-state index contributed by atoms with van der Waals surface area (Å²) < 4.78 is 13.6. The minimum Gasteiger partial charge on any atom is -0.316 e. The molecule has 0 saturated heterocycles. The highest BCUT2D eigenvalue weighted by Crippen LogP contribution is 2.56. The van der Waals surface area contributed by atoms with Crippen LogP contribution < -0.4 is 5.32 Å². The summed E-state index contributed by atoms with van der Waals surface area (Å²) in [6, 6.07) is 3.47. The summed E-state index contributed by atoms with van der Waals surface area (Å²) >= 11 is 12.0. The van der Waals surface area contributed by atoms with Crippen molar-refractivity contribution < 1.29 is 4.39 Å². The van der Waals surface area contributed by atoms with Gasteiger partial charge in [0.25, 0.3) is 0 Å². The minimum atomic E-state index is -0.387. The molecule has 0 bridgehead atoms. The quantitative estimate of drug-likeness (QED) is 0.801. The Balaban J connectivity index is 2.36. The van der Waals surface area contributed by atoms with Gasteiger partial charge < -0.3 is 5.32 Å². The van der Waals surface area contributed by atoms with E-state index in [9.17, 15) is 4.39 Å². The van der Waals surface area contributed by atoms with E-state index in [1.54, 1.807) is 0 Å². The van der Waals surface area contributed by atoms with Crippen LogP contribution in [0.5, 0.6) is 0 Å². The zero-order valence-electron chi connectivity index (χ0n) is 10.9. The number of halogens is 3. The van der Waals surface area contributed by atoms with Crippen molar-refractivity contribution in [2.75, 3.05) is 7.05 Å². The van der Waals surface area contributed by atoms with E-state index in [2.05, 4.69) is 19.2 Å². The van der Waals surface area contributed by atoms with Crippen molar-refractivity contribution in [3.63, 3.8) is 0 Å². The summed E-state index contributed by atoms with van der Waals surface area (Å²) in [6.07, 6.45) is 2.02. The molecule has 4 heteroatoms. The fourth-order valence-corrected chi connectivity index (χ4v) is 3.60. The molecular formula is C14H18Cl2FN. The molecule has 1 fully saturated rings. The van der Waals surface area contributed by atoms with Crippen molar-refractivity contribution in [1.29, 1.82) is 0 Å². The maximum Gasteiger partial charge on any atom is 0.142 e. The number of hydrogen-bond acceptors (Lipinski definition) is 1. The van der Waals surface area contributed by atoms with Crippen LogP contribution in [0.4, 0.5) is 4.39 Å². The second-order valence-electron chi connectivity index (χ2n) is 5.28. The van der Waals surface area contributed by atoms with Crippen molar-refractivity contribution in [1.82, 2.24) is 5.32 Å². The Kier molecular flexibility index (Phi) is 3.91. The van der Waals surface area contributed by atoms with Crippen LogP contribution >= 0.6 is 23.2 Å². The first-order valence-electron chi connectivity index (χ1n) is 6.25. The minimum absolute atomic E-state index is 0.0893. The molecule has 1 saturated carbocycles. The van der Waals surface area contributed by atoms with Crippen molar-refractivity contribution in [3.8, 4) is 0 Å². The normalized spacial score (nSPS) is 31.2. The van der Waals surface area contributed by atoms with Gasteiger partial charge in [0.2, 0.25) is 0 Å². The zero-order valence-corrected chi connectivity index (χ0v) is 12.4. The van der Waals surface area contributed by atoms with E-state index in [1.807, 2.05) is 7.05 Å². The van der Waals surface area contributed by atoms with E-state index >= 15 is 0 Å². The average molecular weight is 290 g/mol. The number of rotatable bonds is 3. The summed E-state index contributed by atoms with van der Waals surface area (Å²) in [5.74, 6) is -0.0957. The predicted octanol–water partition coefficient (Wildman–Crippen LogP) is 4.62. The summed E-state index contributed by atoms with van der Waals surface area (Å²) in [5.41, 5.74) is 1.01. The molecule has 1 N–H and O–H groups in total. The van der Waals surface area contributed by atoms with Crippen LogP contribution in [-0.2, 0) is 0 Å². The molecule has 0 amide bonds. The molecule has 3 atom stereocenters. The van der Waals surface area contributed by atoms with E-state index < -0.39 is 0 Å². The second kappa shape index (κ2) is 4.99. The van der Waals surface area contributed by atoms with Crippen LogP contribution in [0.3, 0.4) is 0 Å². The molecule has 0 radical (unpaired) electrons. The van der Waals surface area contributed by atoms with Crippen LogP contribution in [0, 0.1) is 11.2 Å². The van der Waals surface area contributed by atoms with Gasteiger partial charge in [0.1, 0.15) is 5.82 Å². The number of hydrogen-bond donors (Lipinski definition) is 1.